The fourth-order valence-electron chi connectivity index (χ4n) is 1.45. The monoisotopic (exact) mass is 346 g/mol. The molecule has 1 atom stereocenters. The van der Waals surface area contributed by atoms with Crippen LogP contribution in [0.3, 0.4) is 0 Å². The van der Waals surface area contributed by atoms with Gasteiger partial charge >= 0.3 is 0 Å². The molecule has 0 heterocycles. The second-order valence-corrected chi connectivity index (χ2v) is 4.93. The van der Waals surface area contributed by atoms with Crippen LogP contribution >= 0.6 is 15.9 Å². The first-order valence-corrected chi connectivity index (χ1v) is 6.78. The minimum Gasteiger partial charge on any atom is -0.383 e. The first-order valence-electron chi connectivity index (χ1n) is 5.99. The van der Waals surface area contributed by atoms with Crippen molar-refractivity contribution >= 4 is 27.7 Å². The van der Waals surface area contributed by atoms with E-state index < -0.39 is 17.8 Å². The molecule has 0 saturated heterocycles. The average Bonchev–Trinajstić information content (AvgIpc) is 2.41. The second-order valence-electron chi connectivity index (χ2n) is 4.08. The van der Waals surface area contributed by atoms with Crippen LogP contribution in [0.4, 0.5) is 4.39 Å². The van der Waals surface area contributed by atoms with Crippen LogP contribution in [-0.2, 0) is 9.53 Å². The zero-order chi connectivity index (χ0) is 15.1. The van der Waals surface area contributed by atoms with Crippen LogP contribution in [0.25, 0.3) is 0 Å². The minimum atomic E-state index is -0.766. The number of amides is 2. The first kappa shape index (κ1) is 16.6. The van der Waals surface area contributed by atoms with Crippen molar-refractivity contribution in [2.45, 2.75) is 13.0 Å². The van der Waals surface area contributed by atoms with Crippen LogP contribution in [0, 0.1) is 5.82 Å². The lowest BCUT2D eigenvalue weighted by Crippen LogP contribution is -2.45. The van der Waals surface area contributed by atoms with E-state index in [2.05, 4.69) is 26.6 Å². The van der Waals surface area contributed by atoms with Gasteiger partial charge in [0.25, 0.3) is 5.91 Å². The van der Waals surface area contributed by atoms with E-state index >= 15 is 0 Å². The van der Waals surface area contributed by atoms with Gasteiger partial charge < -0.3 is 15.4 Å². The normalized spacial score (nSPS) is 11.8. The van der Waals surface area contributed by atoms with Crippen molar-refractivity contribution in [1.82, 2.24) is 10.6 Å². The number of carbonyl (C=O) groups is 2. The lowest BCUT2D eigenvalue weighted by molar-refractivity contribution is -0.122. The third kappa shape index (κ3) is 4.57. The number of rotatable bonds is 6. The number of hydrogen-bond acceptors (Lipinski definition) is 3. The smallest absolute Gasteiger partial charge is 0.254 e. The molecule has 2 N–H and O–H groups in total. The third-order valence-electron chi connectivity index (χ3n) is 2.54. The van der Waals surface area contributed by atoms with Crippen LogP contribution in [0.15, 0.2) is 22.7 Å². The molecule has 1 aromatic rings. The van der Waals surface area contributed by atoms with Crippen LogP contribution in [0.2, 0.25) is 0 Å². The van der Waals surface area contributed by atoms with Crippen molar-refractivity contribution in [2.75, 3.05) is 20.3 Å². The highest BCUT2D eigenvalue weighted by Gasteiger charge is 2.19. The molecule has 0 bridgehead atoms. The van der Waals surface area contributed by atoms with Crippen molar-refractivity contribution in [2.24, 2.45) is 0 Å². The summed E-state index contributed by atoms with van der Waals surface area (Å²) in [5.41, 5.74) is -0.115. The Morgan fingerprint density at radius 1 is 1.45 bits per heavy atom. The molecular weight excluding hydrogens is 331 g/mol. The summed E-state index contributed by atoms with van der Waals surface area (Å²) in [5, 5.41) is 5.02. The minimum absolute atomic E-state index is 0.115. The summed E-state index contributed by atoms with van der Waals surface area (Å²) < 4.78 is 18.7. The summed E-state index contributed by atoms with van der Waals surface area (Å²) >= 11 is 3.00. The van der Waals surface area contributed by atoms with E-state index in [4.69, 9.17) is 4.74 Å². The van der Waals surface area contributed by atoms with Gasteiger partial charge in [-0.05, 0) is 35.0 Å². The molecule has 0 fully saturated rings. The van der Waals surface area contributed by atoms with Crippen molar-refractivity contribution in [3.8, 4) is 0 Å². The topological polar surface area (TPSA) is 67.4 Å². The molecular formula is C13H16BrFN2O3. The number of ether oxygens (including phenoxy) is 1. The largest absolute Gasteiger partial charge is 0.383 e. The van der Waals surface area contributed by atoms with Crippen LogP contribution < -0.4 is 10.6 Å². The Morgan fingerprint density at radius 3 is 2.80 bits per heavy atom. The molecule has 2 amide bonds. The van der Waals surface area contributed by atoms with Gasteiger partial charge in [0.15, 0.2) is 0 Å². The number of carbonyl (C=O) groups excluding carboxylic acids is 2. The van der Waals surface area contributed by atoms with Crippen molar-refractivity contribution in [1.29, 1.82) is 0 Å². The van der Waals surface area contributed by atoms with E-state index in [0.717, 1.165) is 0 Å². The highest BCUT2D eigenvalue weighted by molar-refractivity contribution is 9.10. The molecule has 0 saturated carbocycles. The second kappa shape index (κ2) is 7.96. The molecule has 1 rings (SSSR count). The summed E-state index contributed by atoms with van der Waals surface area (Å²) in [6.07, 6.45) is 0. The van der Waals surface area contributed by atoms with Gasteiger partial charge in [-0.3, -0.25) is 9.59 Å². The highest BCUT2D eigenvalue weighted by atomic mass is 79.9. The zero-order valence-electron chi connectivity index (χ0n) is 11.2. The number of methoxy groups -OCH3 is 1. The van der Waals surface area contributed by atoms with Crippen molar-refractivity contribution in [3.05, 3.63) is 34.1 Å². The van der Waals surface area contributed by atoms with Gasteiger partial charge in [0.2, 0.25) is 5.91 Å². The number of nitrogens with one attached hydrogen (secondary N) is 2. The maximum atomic E-state index is 13.7. The van der Waals surface area contributed by atoms with Crippen molar-refractivity contribution < 1.29 is 18.7 Å². The van der Waals surface area contributed by atoms with Gasteiger partial charge in [0.05, 0.1) is 16.6 Å². The van der Waals surface area contributed by atoms with Gasteiger partial charge in [0, 0.05) is 13.7 Å². The van der Waals surface area contributed by atoms with E-state index in [1.54, 1.807) is 6.07 Å². The lowest BCUT2D eigenvalue weighted by atomic mass is 10.2. The predicted octanol–water partition coefficient (Wildman–Crippen LogP) is 1.47. The molecule has 110 valence electrons. The number of benzene rings is 1. The third-order valence-corrected chi connectivity index (χ3v) is 3.15. The summed E-state index contributed by atoms with van der Waals surface area (Å²) in [6.45, 7) is 2.25. The highest BCUT2D eigenvalue weighted by Crippen LogP contribution is 2.18. The molecule has 1 aromatic carbocycles. The molecule has 5 nitrogen and oxygen atoms in total. The van der Waals surface area contributed by atoms with E-state index in [-0.39, 0.29) is 15.9 Å². The summed E-state index contributed by atoms with van der Waals surface area (Å²) in [5.74, 6) is -1.65. The Labute approximate surface area is 125 Å². The van der Waals surface area contributed by atoms with E-state index in [0.29, 0.717) is 13.2 Å². The SMILES string of the molecule is COCCNC(=O)C(C)NC(=O)c1cccc(Br)c1F. The summed E-state index contributed by atoms with van der Waals surface area (Å²) in [4.78, 5) is 23.5. The van der Waals surface area contributed by atoms with Crippen molar-refractivity contribution in [3.63, 3.8) is 0 Å². The Bertz CT molecular complexity index is 497. The Balaban J connectivity index is 2.61. The molecule has 0 aliphatic heterocycles. The predicted molar refractivity (Wildman–Crippen MR) is 75.9 cm³/mol. The molecule has 0 spiro atoms. The van der Waals surface area contributed by atoms with Gasteiger partial charge in [-0.25, -0.2) is 4.39 Å². The summed E-state index contributed by atoms with van der Waals surface area (Å²) in [6, 6.07) is 3.63. The van der Waals surface area contributed by atoms with E-state index in [1.807, 2.05) is 0 Å². The quantitative estimate of drug-likeness (QED) is 0.766. The Hall–Kier alpha value is -1.47. The first-order chi connectivity index (χ1) is 9.47. The maximum absolute atomic E-state index is 13.7. The Morgan fingerprint density at radius 2 is 2.15 bits per heavy atom. The molecule has 0 radical (unpaired) electrons. The van der Waals surface area contributed by atoms with Gasteiger partial charge in [-0.2, -0.15) is 0 Å². The van der Waals surface area contributed by atoms with Crippen LogP contribution in [-0.4, -0.2) is 38.1 Å². The zero-order valence-corrected chi connectivity index (χ0v) is 12.8. The fourth-order valence-corrected chi connectivity index (χ4v) is 1.81. The standard InChI is InChI=1S/C13H16BrFN2O3/c1-8(12(18)16-6-7-20-2)17-13(19)9-4-3-5-10(14)11(9)15/h3-5,8H,6-7H2,1-2H3,(H,16,18)(H,17,19). The van der Waals surface area contributed by atoms with Crippen LogP contribution in [0.1, 0.15) is 17.3 Å². The molecule has 0 aromatic heterocycles. The van der Waals surface area contributed by atoms with Crippen LogP contribution in [0.5, 0.6) is 0 Å². The molecule has 0 aliphatic rings. The van der Waals surface area contributed by atoms with E-state index in [1.165, 1.54) is 26.2 Å². The maximum Gasteiger partial charge on any atom is 0.254 e. The number of hydrogen-bond donors (Lipinski definition) is 2. The summed E-state index contributed by atoms with van der Waals surface area (Å²) in [7, 11) is 1.52. The average molecular weight is 347 g/mol. The van der Waals surface area contributed by atoms with Gasteiger partial charge in [-0.1, -0.05) is 6.07 Å². The molecule has 1 unspecified atom stereocenters. The molecule has 7 heteroatoms. The Kier molecular flexibility index (Phi) is 6.60. The fraction of sp³-hybridized carbons (Fsp3) is 0.385. The lowest BCUT2D eigenvalue weighted by Gasteiger charge is -2.14. The molecule has 0 aliphatic carbocycles. The number of halogens is 2. The van der Waals surface area contributed by atoms with E-state index in [9.17, 15) is 14.0 Å². The molecule has 20 heavy (non-hydrogen) atoms. The van der Waals surface area contributed by atoms with Gasteiger partial charge in [-0.15, -0.1) is 0 Å². The van der Waals surface area contributed by atoms with Gasteiger partial charge in [0.1, 0.15) is 11.9 Å².